The summed E-state index contributed by atoms with van der Waals surface area (Å²) in [5.41, 5.74) is 0.351. The van der Waals surface area contributed by atoms with Crippen LogP contribution in [0.5, 0.6) is 0 Å². The number of carbonyl (C=O) groups excluding carboxylic acids is 1. The number of guanidine groups is 1. The summed E-state index contributed by atoms with van der Waals surface area (Å²) in [6, 6.07) is 0.394. The summed E-state index contributed by atoms with van der Waals surface area (Å²) < 4.78 is 5.43. The fourth-order valence-electron chi connectivity index (χ4n) is 3.04. The maximum Gasteiger partial charge on any atom is 0.243 e. The van der Waals surface area contributed by atoms with Crippen molar-refractivity contribution in [2.45, 2.75) is 45.6 Å². The van der Waals surface area contributed by atoms with Crippen molar-refractivity contribution in [3.8, 4) is 0 Å². The number of likely N-dealkylation sites (N-methyl/N-ethyl adjacent to an activating group) is 1. The average Bonchev–Trinajstić information content (AvgIpc) is 2.95. The molecule has 0 aliphatic carbocycles. The summed E-state index contributed by atoms with van der Waals surface area (Å²) in [5, 5.41) is 3.58. The molecule has 0 aromatic heterocycles. The number of halogens is 1. The number of hydrogen-bond donors (Lipinski definition) is 1. The lowest BCUT2D eigenvalue weighted by atomic mass is 9.87. The Balaban J connectivity index is 0.00000288. The number of aliphatic imine (C=N–C) groups is 1. The summed E-state index contributed by atoms with van der Waals surface area (Å²) in [5.74, 6) is 0.929. The zero-order valence-electron chi connectivity index (χ0n) is 15.5. The molecule has 2 fully saturated rings. The third-order valence-corrected chi connectivity index (χ3v) is 5.13. The monoisotopic (exact) mass is 452 g/mol. The zero-order chi connectivity index (χ0) is 16.9. The zero-order valence-corrected chi connectivity index (χ0v) is 17.8. The second-order valence-corrected chi connectivity index (χ2v) is 7.29. The van der Waals surface area contributed by atoms with E-state index in [1.165, 1.54) is 12.8 Å². The van der Waals surface area contributed by atoms with Crippen LogP contribution in [0, 0.1) is 5.41 Å². The van der Waals surface area contributed by atoms with Gasteiger partial charge in [0, 0.05) is 46.4 Å². The lowest BCUT2D eigenvalue weighted by molar-refractivity contribution is -0.127. The van der Waals surface area contributed by atoms with E-state index in [0.717, 1.165) is 45.1 Å². The molecule has 7 heteroatoms. The highest BCUT2D eigenvalue weighted by Crippen LogP contribution is 2.33. The first-order valence-electron chi connectivity index (χ1n) is 8.77. The predicted molar refractivity (Wildman–Crippen MR) is 108 cm³/mol. The summed E-state index contributed by atoms with van der Waals surface area (Å²) in [7, 11) is 3.54. The SMILES string of the molecule is CCC1(C)CCN(C(=NCC(=O)N(C)C)NC2CCOCC2)C1.I. The Labute approximate surface area is 163 Å². The van der Waals surface area contributed by atoms with Crippen LogP contribution in [0.2, 0.25) is 0 Å². The first kappa shape index (κ1) is 21.5. The maximum atomic E-state index is 11.9. The van der Waals surface area contributed by atoms with Crippen molar-refractivity contribution in [3.05, 3.63) is 0 Å². The second-order valence-electron chi connectivity index (χ2n) is 7.29. The molecule has 1 amide bonds. The Morgan fingerprint density at radius 3 is 2.58 bits per heavy atom. The Kier molecular flexibility index (Phi) is 8.76. The van der Waals surface area contributed by atoms with Gasteiger partial charge in [-0.15, -0.1) is 24.0 Å². The van der Waals surface area contributed by atoms with Gasteiger partial charge in [-0.2, -0.15) is 0 Å². The van der Waals surface area contributed by atoms with Gasteiger partial charge in [0.15, 0.2) is 5.96 Å². The molecule has 0 bridgehead atoms. The van der Waals surface area contributed by atoms with Crippen molar-refractivity contribution >= 4 is 35.8 Å². The highest BCUT2D eigenvalue weighted by molar-refractivity contribution is 14.0. The highest BCUT2D eigenvalue weighted by Gasteiger charge is 2.34. The second kappa shape index (κ2) is 9.79. The molecule has 2 aliphatic rings. The molecule has 0 aromatic carbocycles. The molecule has 0 radical (unpaired) electrons. The van der Waals surface area contributed by atoms with Gasteiger partial charge in [-0.25, -0.2) is 4.99 Å². The molecule has 1 atom stereocenters. The molecule has 0 saturated carbocycles. The molecule has 0 aromatic rings. The predicted octanol–water partition coefficient (Wildman–Crippen LogP) is 1.94. The summed E-state index contributed by atoms with van der Waals surface area (Å²) in [4.78, 5) is 20.4. The quantitative estimate of drug-likeness (QED) is 0.403. The van der Waals surface area contributed by atoms with Gasteiger partial charge in [0.2, 0.25) is 5.91 Å². The average molecular weight is 452 g/mol. The van der Waals surface area contributed by atoms with Crippen LogP contribution in [0.4, 0.5) is 0 Å². The van der Waals surface area contributed by atoms with Gasteiger partial charge in [0.1, 0.15) is 6.54 Å². The maximum absolute atomic E-state index is 11.9. The number of rotatable bonds is 4. The number of nitrogens with one attached hydrogen (secondary N) is 1. The molecule has 1 N–H and O–H groups in total. The Hall–Kier alpha value is -0.570. The highest BCUT2D eigenvalue weighted by atomic mass is 127. The van der Waals surface area contributed by atoms with Gasteiger partial charge >= 0.3 is 0 Å². The Morgan fingerprint density at radius 1 is 1.38 bits per heavy atom. The minimum absolute atomic E-state index is 0. The summed E-state index contributed by atoms with van der Waals surface area (Å²) in [6.45, 7) is 8.41. The molecule has 1 unspecified atom stereocenters. The fraction of sp³-hybridized carbons (Fsp3) is 0.882. The lowest BCUT2D eigenvalue weighted by Gasteiger charge is -2.30. The van der Waals surface area contributed by atoms with E-state index in [0.29, 0.717) is 11.5 Å². The van der Waals surface area contributed by atoms with Gasteiger partial charge in [-0.05, 0) is 31.1 Å². The number of hydrogen-bond acceptors (Lipinski definition) is 3. The third-order valence-electron chi connectivity index (χ3n) is 5.13. The summed E-state index contributed by atoms with van der Waals surface area (Å²) >= 11 is 0. The number of ether oxygens (including phenoxy) is 1. The molecular formula is C17H33IN4O2. The van der Waals surface area contributed by atoms with Crippen LogP contribution in [-0.4, -0.2) is 74.7 Å². The smallest absolute Gasteiger partial charge is 0.243 e. The largest absolute Gasteiger partial charge is 0.381 e. The third kappa shape index (κ3) is 6.06. The van der Waals surface area contributed by atoms with Crippen molar-refractivity contribution < 1.29 is 9.53 Å². The molecule has 2 rings (SSSR count). The molecule has 2 heterocycles. The number of carbonyl (C=O) groups is 1. The van der Waals surface area contributed by atoms with Crippen molar-refractivity contribution in [2.75, 3.05) is 46.9 Å². The first-order chi connectivity index (χ1) is 10.9. The molecule has 140 valence electrons. The first-order valence-corrected chi connectivity index (χ1v) is 8.77. The van der Waals surface area contributed by atoms with Crippen molar-refractivity contribution in [1.82, 2.24) is 15.1 Å². The minimum atomic E-state index is 0. The van der Waals surface area contributed by atoms with Crippen LogP contribution >= 0.6 is 24.0 Å². The topological polar surface area (TPSA) is 57.2 Å². The molecular weight excluding hydrogens is 419 g/mol. The summed E-state index contributed by atoms with van der Waals surface area (Å²) in [6.07, 6.45) is 4.35. The van der Waals surface area contributed by atoms with E-state index in [1.807, 2.05) is 0 Å². The number of amides is 1. The van der Waals surface area contributed by atoms with Crippen LogP contribution in [0.1, 0.15) is 39.5 Å². The standard InChI is InChI=1S/C17H32N4O2.HI/c1-5-17(2)8-9-21(13-17)16(18-12-15(22)20(3)4)19-14-6-10-23-11-7-14;/h14H,5-13H2,1-4H3,(H,18,19);1H. The van der Waals surface area contributed by atoms with Crippen LogP contribution in [0.15, 0.2) is 4.99 Å². The van der Waals surface area contributed by atoms with Crippen LogP contribution in [0.25, 0.3) is 0 Å². The van der Waals surface area contributed by atoms with Crippen LogP contribution in [0.3, 0.4) is 0 Å². The normalized spacial score (nSPS) is 25.3. The molecule has 24 heavy (non-hydrogen) atoms. The lowest BCUT2D eigenvalue weighted by Crippen LogP contribution is -2.48. The van der Waals surface area contributed by atoms with Gasteiger partial charge in [-0.1, -0.05) is 13.8 Å². The minimum Gasteiger partial charge on any atom is -0.381 e. The van der Waals surface area contributed by atoms with E-state index in [4.69, 9.17) is 4.74 Å². The van der Waals surface area contributed by atoms with E-state index < -0.39 is 0 Å². The van der Waals surface area contributed by atoms with E-state index in [9.17, 15) is 4.79 Å². The molecule has 2 aliphatic heterocycles. The molecule has 6 nitrogen and oxygen atoms in total. The van der Waals surface area contributed by atoms with Gasteiger partial charge < -0.3 is 19.9 Å². The van der Waals surface area contributed by atoms with E-state index in [1.54, 1.807) is 19.0 Å². The van der Waals surface area contributed by atoms with Gasteiger partial charge in [-0.3, -0.25) is 4.79 Å². The van der Waals surface area contributed by atoms with Crippen LogP contribution in [-0.2, 0) is 9.53 Å². The fourth-order valence-corrected chi connectivity index (χ4v) is 3.04. The van der Waals surface area contributed by atoms with Gasteiger partial charge in [0.05, 0.1) is 0 Å². The molecule has 2 saturated heterocycles. The van der Waals surface area contributed by atoms with Crippen LogP contribution < -0.4 is 5.32 Å². The number of nitrogens with zero attached hydrogens (tertiary/aromatic N) is 3. The number of likely N-dealkylation sites (tertiary alicyclic amines) is 1. The Morgan fingerprint density at radius 2 is 2.04 bits per heavy atom. The van der Waals surface area contributed by atoms with Crippen molar-refractivity contribution in [3.63, 3.8) is 0 Å². The van der Waals surface area contributed by atoms with Gasteiger partial charge in [0.25, 0.3) is 0 Å². The van der Waals surface area contributed by atoms with Crippen molar-refractivity contribution in [2.24, 2.45) is 10.4 Å². The van der Waals surface area contributed by atoms with E-state index >= 15 is 0 Å². The van der Waals surface area contributed by atoms with E-state index in [2.05, 4.69) is 29.1 Å². The molecule has 0 spiro atoms. The van der Waals surface area contributed by atoms with E-state index in [-0.39, 0.29) is 36.4 Å². The Bertz CT molecular complexity index is 438. The van der Waals surface area contributed by atoms with Crippen molar-refractivity contribution in [1.29, 1.82) is 0 Å².